The van der Waals surface area contributed by atoms with Crippen LogP contribution in [-0.2, 0) is 16.0 Å². The fourth-order valence-corrected chi connectivity index (χ4v) is 4.94. The van der Waals surface area contributed by atoms with Gasteiger partial charge in [-0.25, -0.2) is 0 Å². The van der Waals surface area contributed by atoms with Crippen molar-refractivity contribution in [2.45, 2.75) is 51.6 Å². The van der Waals surface area contributed by atoms with Crippen LogP contribution in [0, 0.1) is 6.92 Å². The Kier molecular flexibility index (Phi) is 5.90. The first-order valence-corrected chi connectivity index (χ1v) is 11.3. The first-order valence-electron chi connectivity index (χ1n) is 10.4. The predicted molar refractivity (Wildman–Crippen MR) is 114 cm³/mol. The summed E-state index contributed by atoms with van der Waals surface area (Å²) in [5, 5.41) is 2.09. The lowest BCUT2D eigenvalue weighted by atomic mass is 10.00. The van der Waals surface area contributed by atoms with Gasteiger partial charge in [0.1, 0.15) is 18.9 Å². The number of para-hydroxylation sites is 1. The Morgan fingerprint density at radius 1 is 1.24 bits per heavy atom. The third kappa shape index (κ3) is 4.32. The Hall–Kier alpha value is -2.34. The van der Waals surface area contributed by atoms with E-state index >= 15 is 0 Å². The summed E-state index contributed by atoms with van der Waals surface area (Å²) in [6.45, 7) is 5.16. The molecule has 1 saturated carbocycles. The summed E-state index contributed by atoms with van der Waals surface area (Å²) in [6.07, 6.45) is 3.32. The zero-order valence-corrected chi connectivity index (χ0v) is 17.9. The first-order chi connectivity index (χ1) is 14.1. The minimum atomic E-state index is -0.116. The van der Waals surface area contributed by atoms with Gasteiger partial charge in [-0.2, -0.15) is 0 Å². The van der Waals surface area contributed by atoms with Gasteiger partial charge >= 0.3 is 0 Å². The monoisotopic (exact) mass is 412 g/mol. The van der Waals surface area contributed by atoms with E-state index in [0.29, 0.717) is 19.6 Å². The average molecular weight is 413 g/mol. The van der Waals surface area contributed by atoms with Crippen molar-refractivity contribution in [1.29, 1.82) is 0 Å². The maximum atomic E-state index is 13.3. The van der Waals surface area contributed by atoms with E-state index in [4.69, 9.17) is 4.74 Å². The average Bonchev–Trinajstić information content (AvgIpc) is 3.46. The van der Waals surface area contributed by atoms with Crippen LogP contribution in [0.4, 0.5) is 0 Å². The minimum absolute atomic E-state index is 0.0222. The highest BCUT2D eigenvalue weighted by atomic mass is 32.1. The van der Waals surface area contributed by atoms with E-state index in [1.165, 1.54) is 10.4 Å². The van der Waals surface area contributed by atoms with E-state index < -0.39 is 0 Å². The highest BCUT2D eigenvalue weighted by Crippen LogP contribution is 2.35. The summed E-state index contributed by atoms with van der Waals surface area (Å²) in [7, 11) is 0. The van der Waals surface area contributed by atoms with Gasteiger partial charge in [-0.05, 0) is 54.8 Å². The minimum Gasteiger partial charge on any atom is -0.491 e. The molecule has 2 amide bonds. The number of aryl methyl sites for hydroxylation is 1. The molecule has 0 bridgehead atoms. The molecule has 0 N–H and O–H groups in total. The van der Waals surface area contributed by atoms with E-state index in [1.54, 1.807) is 16.2 Å². The highest BCUT2D eigenvalue weighted by Gasteiger charge is 2.37. The molecule has 0 saturated heterocycles. The zero-order valence-electron chi connectivity index (χ0n) is 17.1. The van der Waals surface area contributed by atoms with Crippen molar-refractivity contribution in [3.05, 3.63) is 51.7 Å². The number of carbonyl (C=O) groups excluding carboxylic acids is 2. The molecule has 1 aromatic heterocycles. The lowest BCUT2D eigenvalue weighted by molar-refractivity contribution is -0.143. The molecule has 4 rings (SSSR count). The van der Waals surface area contributed by atoms with Crippen molar-refractivity contribution in [2.24, 2.45) is 0 Å². The summed E-state index contributed by atoms with van der Waals surface area (Å²) >= 11 is 1.75. The van der Waals surface area contributed by atoms with Gasteiger partial charge in [0.05, 0.1) is 6.04 Å². The molecule has 2 aromatic rings. The maximum absolute atomic E-state index is 13.3. The highest BCUT2D eigenvalue weighted by molar-refractivity contribution is 7.10. The van der Waals surface area contributed by atoms with Crippen LogP contribution in [0.1, 0.15) is 48.2 Å². The molecule has 0 spiro atoms. The van der Waals surface area contributed by atoms with Crippen LogP contribution in [0.15, 0.2) is 35.7 Å². The standard InChI is InChI=1S/C23H28N2O3S/c1-3-22(26)25(17-8-9-17)14-23(27)24-12-10-21-18(11-13-29-21)19(24)15-28-20-7-5-4-6-16(20)2/h4-7,11,13,17,19H,3,8-10,12,14-15H2,1-2H3/t19-/m1/s1. The molecule has 154 valence electrons. The van der Waals surface area contributed by atoms with E-state index in [1.807, 2.05) is 43.0 Å². The number of nitrogens with zero attached hydrogens (tertiary/aromatic N) is 2. The second-order valence-corrected chi connectivity index (χ2v) is 8.84. The Labute approximate surface area is 176 Å². The second kappa shape index (κ2) is 8.57. The van der Waals surface area contributed by atoms with Gasteiger partial charge < -0.3 is 14.5 Å². The molecule has 1 atom stereocenters. The lowest BCUT2D eigenvalue weighted by Gasteiger charge is -2.37. The van der Waals surface area contributed by atoms with E-state index in [-0.39, 0.29) is 30.4 Å². The number of fused-ring (bicyclic) bond motifs is 1. The number of carbonyl (C=O) groups is 2. The van der Waals surface area contributed by atoms with Crippen LogP contribution in [0.25, 0.3) is 0 Å². The van der Waals surface area contributed by atoms with Gasteiger partial charge in [0.25, 0.3) is 0 Å². The normalized spacial score (nSPS) is 18.3. The summed E-state index contributed by atoms with van der Waals surface area (Å²) < 4.78 is 6.15. The molecule has 5 nitrogen and oxygen atoms in total. The maximum Gasteiger partial charge on any atom is 0.242 e. The molecule has 0 unspecified atom stereocenters. The van der Waals surface area contributed by atoms with E-state index in [2.05, 4.69) is 11.4 Å². The molecule has 1 aliphatic carbocycles. The van der Waals surface area contributed by atoms with Crippen LogP contribution in [-0.4, -0.2) is 47.4 Å². The Balaban J connectivity index is 1.52. The third-order valence-corrected chi connectivity index (χ3v) is 6.82. The number of thiophene rings is 1. The number of rotatable bonds is 7. The van der Waals surface area contributed by atoms with Gasteiger partial charge in [-0.1, -0.05) is 25.1 Å². The van der Waals surface area contributed by atoms with Gasteiger partial charge in [-0.15, -0.1) is 11.3 Å². The van der Waals surface area contributed by atoms with Crippen molar-refractivity contribution >= 4 is 23.2 Å². The van der Waals surface area contributed by atoms with Crippen LogP contribution < -0.4 is 4.74 Å². The molecule has 1 aromatic carbocycles. The summed E-state index contributed by atoms with van der Waals surface area (Å²) in [5.74, 6) is 0.943. The molecular weight excluding hydrogens is 384 g/mol. The zero-order chi connectivity index (χ0) is 20.4. The number of amides is 2. The van der Waals surface area contributed by atoms with Crippen molar-refractivity contribution in [2.75, 3.05) is 19.7 Å². The molecule has 2 aliphatic rings. The van der Waals surface area contributed by atoms with Crippen LogP contribution in [0.3, 0.4) is 0 Å². The van der Waals surface area contributed by atoms with Crippen molar-refractivity contribution in [1.82, 2.24) is 9.80 Å². The smallest absolute Gasteiger partial charge is 0.242 e. The number of benzene rings is 1. The Bertz CT molecular complexity index is 890. The number of ether oxygens (including phenoxy) is 1. The van der Waals surface area contributed by atoms with Crippen LogP contribution >= 0.6 is 11.3 Å². The van der Waals surface area contributed by atoms with Crippen LogP contribution in [0.5, 0.6) is 5.75 Å². The second-order valence-electron chi connectivity index (χ2n) is 7.83. The van der Waals surface area contributed by atoms with Gasteiger partial charge in [0.15, 0.2) is 0 Å². The number of hydrogen-bond donors (Lipinski definition) is 0. The summed E-state index contributed by atoms with van der Waals surface area (Å²) in [5.41, 5.74) is 2.27. The summed E-state index contributed by atoms with van der Waals surface area (Å²) in [4.78, 5) is 30.6. The number of hydrogen-bond acceptors (Lipinski definition) is 4. The van der Waals surface area contributed by atoms with Gasteiger partial charge in [-0.3, -0.25) is 9.59 Å². The summed E-state index contributed by atoms with van der Waals surface area (Å²) in [6, 6.07) is 10.2. The molecule has 29 heavy (non-hydrogen) atoms. The quantitative estimate of drug-likeness (QED) is 0.692. The van der Waals surface area contributed by atoms with E-state index in [9.17, 15) is 9.59 Å². The van der Waals surface area contributed by atoms with E-state index in [0.717, 1.165) is 30.6 Å². The Morgan fingerprint density at radius 2 is 2.03 bits per heavy atom. The molecular formula is C23H28N2O3S. The topological polar surface area (TPSA) is 49.9 Å². The SMILES string of the molecule is CCC(=O)N(CC(=O)N1CCc2sccc2[C@H]1COc1ccccc1C)C1CC1. The fraction of sp³-hybridized carbons (Fsp3) is 0.478. The van der Waals surface area contributed by atoms with Gasteiger partial charge in [0, 0.05) is 23.9 Å². The van der Waals surface area contributed by atoms with Crippen molar-refractivity contribution in [3.63, 3.8) is 0 Å². The molecule has 6 heteroatoms. The van der Waals surface area contributed by atoms with Crippen molar-refractivity contribution < 1.29 is 14.3 Å². The predicted octanol–water partition coefficient (Wildman–Crippen LogP) is 3.96. The molecule has 1 aliphatic heterocycles. The lowest BCUT2D eigenvalue weighted by Crippen LogP contribution is -2.48. The third-order valence-electron chi connectivity index (χ3n) is 5.82. The fourth-order valence-electron chi connectivity index (χ4n) is 4.01. The molecule has 0 radical (unpaired) electrons. The largest absolute Gasteiger partial charge is 0.491 e. The molecule has 1 fully saturated rings. The Morgan fingerprint density at radius 3 is 2.76 bits per heavy atom. The van der Waals surface area contributed by atoms with Crippen LogP contribution in [0.2, 0.25) is 0 Å². The van der Waals surface area contributed by atoms with Crippen molar-refractivity contribution in [3.8, 4) is 5.75 Å². The first kappa shape index (κ1) is 20.0. The molecule has 2 heterocycles. The van der Waals surface area contributed by atoms with Gasteiger partial charge in [0.2, 0.25) is 11.8 Å².